The second-order valence-electron chi connectivity index (χ2n) is 3.30. The number of rotatable bonds is 3. The summed E-state index contributed by atoms with van der Waals surface area (Å²) < 4.78 is 5.33. The van der Waals surface area contributed by atoms with Crippen LogP contribution in [0.15, 0.2) is 12.7 Å². The molecule has 1 rings (SSSR count). The summed E-state index contributed by atoms with van der Waals surface area (Å²) in [5, 5.41) is 27.7. The van der Waals surface area contributed by atoms with Gasteiger partial charge in [-0.3, -0.25) is 0 Å². The van der Waals surface area contributed by atoms with E-state index < -0.39 is 18.3 Å². The molecule has 3 N–H and O–H groups in total. The fraction of sp³-hybridized carbons (Fsp3) is 0.778. The quantitative estimate of drug-likeness (QED) is 0.519. The van der Waals surface area contributed by atoms with Gasteiger partial charge in [-0.2, -0.15) is 0 Å². The third-order valence-corrected chi connectivity index (χ3v) is 2.25. The van der Waals surface area contributed by atoms with Crippen LogP contribution in [0, 0.1) is 0 Å². The van der Waals surface area contributed by atoms with Crippen molar-refractivity contribution in [3.8, 4) is 0 Å². The standard InChI is InChI=1S/C9H16O4/c1-2-3-8-9(12)7(11)4-6(5-10)13-8/h2,6-12H,1,3-5H2. The summed E-state index contributed by atoms with van der Waals surface area (Å²) >= 11 is 0. The van der Waals surface area contributed by atoms with Crippen molar-refractivity contribution in [2.45, 2.75) is 37.3 Å². The van der Waals surface area contributed by atoms with Gasteiger partial charge >= 0.3 is 0 Å². The summed E-state index contributed by atoms with van der Waals surface area (Å²) in [5.74, 6) is 0. The lowest BCUT2D eigenvalue weighted by Crippen LogP contribution is -2.48. The topological polar surface area (TPSA) is 69.9 Å². The van der Waals surface area contributed by atoms with E-state index in [1.807, 2.05) is 0 Å². The van der Waals surface area contributed by atoms with Gasteiger partial charge in [-0.25, -0.2) is 0 Å². The van der Waals surface area contributed by atoms with Crippen LogP contribution in [0.4, 0.5) is 0 Å². The fourth-order valence-electron chi connectivity index (χ4n) is 1.52. The van der Waals surface area contributed by atoms with Crippen LogP contribution in [0.3, 0.4) is 0 Å². The Labute approximate surface area is 77.5 Å². The van der Waals surface area contributed by atoms with Gasteiger partial charge < -0.3 is 20.1 Å². The molecule has 1 heterocycles. The van der Waals surface area contributed by atoms with Crippen molar-refractivity contribution in [2.24, 2.45) is 0 Å². The smallest absolute Gasteiger partial charge is 0.106 e. The molecular weight excluding hydrogens is 172 g/mol. The Morgan fingerprint density at radius 1 is 1.46 bits per heavy atom. The average Bonchev–Trinajstić information content (AvgIpc) is 2.13. The molecule has 4 heteroatoms. The second-order valence-corrected chi connectivity index (χ2v) is 3.30. The monoisotopic (exact) mass is 188 g/mol. The van der Waals surface area contributed by atoms with Gasteiger partial charge in [-0.15, -0.1) is 6.58 Å². The van der Waals surface area contributed by atoms with Crippen LogP contribution in [0.25, 0.3) is 0 Å². The lowest BCUT2D eigenvalue weighted by atomic mass is 9.96. The molecule has 0 aromatic heterocycles. The molecule has 1 fully saturated rings. The maximum absolute atomic E-state index is 9.48. The molecule has 1 aliphatic heterocycles. The van der Waals surface area contributed by atoms with E-state index >= 15 is 0 Å². The first-order valence-electron chi connectivity index (χ1n) is 4.42. The molecule has 0 amide bonds. The van der Waals surface area contributed by atoms with E-state index in [1.54, 1.807) is 6.08 Å². The zero-order chi connectivity index (χ0) is 9.84. The summed E-state index contributed by atoms with van der Waals surface area (Å²) in [6.45, 7) is 3.40. The highest BCUT2D eigenvalue weighted by molar-refractivity contribution is 4.88. The summed E-state index contributed by atoms with van der Waals surface area (Å²) in [6, 6.07) is 0. The van der Waals surface area contributed by atoms with Gasteiger partial charge in [-0.05, 0) is 6.42 Å². The van der Waals surface area contributed by atoms with Gasteiger partial charge in [0.2, 0.25) is 0 Å². The van der Waals surface area contributed by atoms with Crippen molar-refractivity contribution >= 4 is 0 Å². The molecule has 0 aromatic rings. The molecule has 1 aliphatic rings. The molecule has 0 aromatic carbocycles. The minimum absolute atomic E-state index is 0.128. The van der Waals surface area contributed by atoms with Gasteiger partial charge in [-0.1, -0.05) is 6.08 Å². The largest absolute Gasteiger partial charge is 0.394 e. The van der Waals surface area contributed by atoms with Crippen LogP contribution < -0.4 is 0 Å². The van der Waals surface area contributed by atoms with Crippen molar-refractivity contribution in [2.75, 3.05) is 6.61 Å². The first kappa shape index (κ1) is 10.7. The Kier molecular flexibility index (Phi) is 3.87. The van der Waals surface area contributed by atoms with Crippen LogP contribution in [-0.4, -0.2) is 46.3 Å². The summed E-state index contributed by atoms with van der Waals surface area (Å²) in [6.07, 6.45) is -0.112. The maximum Gasteiger partial charge on any atom is 0.106 e. The Morgan fingerprint density at radius 3 is 2.69 bits per heavy atom. The van der Waals surface area contributed by atoms with E-state index in [4.69, 9.17) is 9.84 Å². The lowest BCUT2D eigenvalue weighted by molar-refractivity contribution is -0.175. The highest BCUT2D eigenvalue weighted by Crippen LogP contribution is 2.22. The summed E-state index contributed by atoms with van der Waals surface area (Å²) in [5.41, 5.74) is 0. The van der Waals surface area contributed by atoms with E-state index in [2.05, 4.69) is 6.58 Å². The first-order valence-corrected chi connectivity index (χ1v) is 4.42. The van der Waals surface area contributed by atoms with Gasteiger partial charge in [0.25, 0.3) is 0 Å². The molecule has 4 nitrogen and oxygen atoms in total. The molecule has 0 saturated carbocycles. The second kappa shape index (κ2) is 4.72. The highest BCUT2D eigenvalue weighted by atomic mass is 16.5. The van der Waals surface area contributed by atoms with Crippen molar-refractivity contribution in [1.29, 1.82) is 0 Å². The molecule has 0 aliphatic carbocycles. The van der Waals surface area contributed by atoms with Crippen LogP contribution in [0.5, 0.6) is 0 Å². The number of aliphatic hydroxyl groups is 3. The molecule has 1 saturated heterocycles. The van der Waals surface area contributed by atoms with Crippen molar-refractivity contribution in [3.05, 3.63) is 12.7 Å². The van der Waals surface area contributed by atoms with Gasteiger partial charge in [0.05, 0.1) is 24.9 Å². The third kappa shape index (κ3) is 2.51. The predicted molar refractivity (Wildman–Crippen MR) is 47.2 cm³/mol. The zero-order valence-corrected chi connectivity index (χ0v) is 7.47. The molecule has 4 unspecified atom stereocenters. The Bertz CT molecular complexity index is 171. The first-order chi connectivity index (χ1) is 6.19. The zero-order valence-electron chi connectivity index (χ0n) is 7.47. The fourth-order valence-corrected chi connectivity index (χ4v) is 1.52. The Hall–Kier alpha value is -0.420. The minimum atomic E-state index is -0.874. The number of hydrogen-bond donors (Lipinski definition) is 3. The van der Waals surface area contributed by atoms with Crippen LogP contribution in [-0.2, 0) is 4.74 Å². The van der Waals surface area contributed by atoms with E-state index in [0.29, 0.717) is 6.42 Å². The molecular formula is C9H16O4. The molecule has 0 spiro atoms. The maximum atomic E-state index is 9.48. The summed E-state index contributed by atoms with van der Waals surface area (Å²) in [7, 11) is 0. The average molecular weight is 188 g/mol. The van der Waals surface area contributed by atoms with Crippen molar-refractivity contribution in [3.63, 3.8) is 0 Å². The predicted octanol–water partition coefficient (Wildman–Crippen LogP) is -0.566. The number of ether oxygens (including phenoxy) is 1. The van der Waals surface area contributed by atoms with Crippen LogP contribution in [0.1, 0.15) is 12.8 Å². The van der Waals surface area contributed by atoms with Crippen LogP contribution in [0.2, 0.25) is 0 Å². The highest BCUT2D eigenvalue weighted by Gasteiger charge is 2.35. The lowest BCUT2D eigenvalue weighted by Gasteiger charge is -2.36. The van der Waals surface area contributed by atoms with Gasteiger partial charge in [0.1, 0.15) is 6.10 Å². The Balaban J connectivity index is 2.54. The van der Waals surface area contributed by atoms with E-state index in [-0.39, 0.29) is 19.1 Å². The minimum Gasteiger partial charge on any atom is -0.394 e. The van der Waals surface area contributed by atoms with Gasteiger partial charge in [0, 0.05) is 6.42 Å². The molecule has 4 atom stereocenters. The molecule has 13 heavy (non-hydrogen) atoms. The van der Waals surface area contributed by atoms with Crippen molar-refractivity contribution < 1.29 is 20.1 Å². The van der Waals surface area contributed by atoms with E-state index in [9.17, 15) is 10.2 Å². The Morgan fingerprint density at radius 2 is 2.15 bits per heavy atom. The number of aliphatic hydroxyl groups excluding tert-OH is 3. The molecule has 76 valence electrons. The summed E-state index contributed by atoms with van der Waals surface area (Å²) in [4.78, 5) is 0. The molecule has 0 bridgehead atoms. The third-order valence-electron chi connectivity index (χ3n) is 2.25. The number of hydrogen-bond acceptors (Lipinski definition) is 4. The molecule has 0 radical (unpaired) electrons. The van der Waals surface area contributed by atoms with Crippen molar-refractivity contribution in [1.82, 2.24) is 0 Å². The SMILES string of the molecule is C=CCC1OC(CO)CC(O)C1O. The van der Waals surface area contributed by atoms with E-state index in [1.165, 1.54) is 0 Å². The van der Waals surface area contributed by atoms with E-state index in [0.717, 1.165) is 0 Å². The normalized spacial score (nSPS) is 40.2. The van der Waals surface area contributed by atoms with Gasteiger partial charge in [0.15, 0.2) is 0 Å². The van der Waals surface area contributed by atoms with Crippen LogP contribution >= 0.6 is 0 Å².